The maximum atomic E-state index is 13.7. The lowest BCUT2D eigenvalue weighted by Crippen LogP contribution is -2.33. The average molecular weight is 476 g/mol. The van der Waals surface area contributed by atoms with Crippen LogP contribution in [0.25, 0.3) is 0 Å². The maximum Gasteiger partial charge on any atom is 0.254 e. The molecule has 0 aromatic heterocycles. The Balaban J connectivity index is 2.00. The van der Waals surface area contributed by atoms with Crippen LogP contribution in [0, 0.1) is 11.7 Å². The van der Waals surface area contributed by atoms with E-state index in [1.54, 1.807) is 4.90 Å². The summed E-state index contributed by atoms with van der Waals surface area (Å²) in [4.78, 5) is 29.8. The first kappa shape index (κ1) is 25.9. The quantitative estimate of drug-likeness (QED) is 0.396. The minimum Gasteiger partial charge on any atom is -0.377 e. The van der Waals surface area contributed by atoms with Crippen molar-refractivity contribution in [3.8, 4) is 0 Å². The molecule has 0 bridgehead atoms. The highest BCUT2D eigenvalue weighted by atomic mass is 19.1. The molecule has 0 fully saturated rings. The lowest BCUT2D eigenvalue weighted by molar-refractivity contribution is -0.116. The second-order valence-electron chi connectivity index (χ2n) is 9.41. The summed E-state index contributed by atoms with van der Waals surface area (Å²) in [6.07, 6.45) is 0.436. The molecule has 0 aliphatic carbocycles. The Hall–Kier alpha value is -3.67. The molecule has 2 amide bonds. The van der Waals surface area contributed by atoms with Gasteiger partial charge in [-0.25, -0.2) is 4.39 Å². The summed E-state index contributed by atoms with van der Waals surface area (Å²) in [5.41, 5.74) is 3.95. The Kier molecular flexibility index (Phi) is 8.63. The van der Waals surface area contributed by atoms with Gasteiger partial charge in [-0.05, 0) is 66.4 Å². The van der Waals surface area contributed by atoms with Gasteiger partial charge in [-0.2, -0.15) is 0 Å². The predicted octanol–water partition coefficient (Wildman–Crippen LogP) is 6.28. The van der Waals surface area contributed by atoms with Crippen LogP contribution in [0.2, 0.25) is 0 Å². The van der Waals surface area contributed by atoms with Crippen molar-refractivity contribution in [2.75, 3.05) is 24.3 Å². The van der Waals surface area contributed by atoms with Crippen LogP contribution in [0.3, 0.4) is 0 Å². The summed E-state index contributed by atoms with van der Waals surface area (Å²) >= 11 is 0. The van der Waals surface area contributed by atoms with Crippen LogP contribution < -0.4 is 10.2 Å². The highest BCUT2D eigenvalue weighted by Crippen LogP contribution is 2.30. The van der Waals surface area contributed by atoms with Crippen LogP contribution in [0.15, 0.2) is 72.8 Å². The fraction of sp³-hybridized carbons (Fsp3) is 0.310. The highest BCUT2D eigenvalue weighted by molar-refractivity contribution is 5.95. The summed E-state index contributed by atoms with van der Waals surface area (Å²) in [7, 11) is 3.89. The van der Waals surface area contributed by atoms with Gasteiger partial charge < -0.3 is 15.1 Å². The molecule has 184 valence electrons. The summed E-state index contributed by atoms with van der Waals surface area (Å²) < 4.78 is 13.5. The molecule has 0 saturated carbocycles. The second-order valence-corrected chi connectivity index (χ2v) is 9.41. The molecule has 3 aromatic carbocycles. The second kappa shape index (κ2) is 11.6. The summed E-state index contributed by atoms with van der Waals surface area (Å²) in [6, 6.07) is 21.0. The van der Waals surface area contributed by atoms with E-state index in [0.29, 0.717) is 24.2 Å². The first-order valence-corrected chi connectivity index (χ1v) is 11.9. The van der Waals surface area contributed by atoms with Gasteiger partial charge in [-0.1, -0.05) is 44.2 Å². The number of halogens is 1. The van der Waals surface area contributed by atoms with Gasteiger partial charge in [-0.15, -0.1) is 0 Å². The summed E-state index contributed by atoms with van der Waals surface area (Å²) in [6.45, 7) is 6.31. The zero-order chi connectivity index (χ0) is 25.5. The number of anilines is 2. The van der Waals surface area contributed by atoms with Gasteiger partial charge in [0.1, 0.15) is 5.82 Å². The zero-order valence-corrected chi connectivity index (χ0v) is 21.1. The Bertz CT molecular complexity index is 1140. The van der Waals surface area contributed by atoms with Crippen LogP contribution in [0.1, 0.15) is 54.7 Å². The number of carbonyl (C=O) groups excluding carboxylic acids is 2. The topological polar surface area (TPSA) is 52.7 Å². The van der Waals surface area contributed by atoms with Gasteiger partial charge in [0.05, 0.1) is 6.04 Å². The van der Waals surface area contributed by atoms with Crippen LogP contribution in [-0.4, -0.2) is 30.8 Å². The Morgan fingerprint density at radius 1 is 0.914 bits per heavy atom. The van der Waals surface area contributed by atoms with Crippen molar-refractivity contribution < 1.29 is 14.0 Å². The van der Waals surface area contributed by atoms with Crippen LogP contribution in [0.5, 0.6) is 0 Å². The molecule has 1 N–H and O–H groups in total. The van der Waals surface area contributed by atoms with E-state index in [0.717, 1.165) is 16.8 Å². The van der Waals surface area contributed by atoms with Crippen molar-refractivity contribution >= 4 is 23.2 Å². The van der Waals surface area contributed by atoms with E-state index in [1.165, 1.54) is 24.3 Å². The SMILES string of the molecule is CC(C)CC(=O)Nc1ccc(N(C)C)c(CN(C(=O)c2ccc(F)cc2)[C@H](C)c2ccccc2)c1. The molecule has 0 unspecified atom stereocenters. The smallest absolute Gasteiger partial charge is 0.254 e. The van der Waals surface area contributed by atoms with E-state index in [9.17, 15) is 14.0 Å². The van der Waals surface area contributed by atoms with Gasteiger partial charge in [0.15, 0.2) is 0 Å². The number of nitrogens with zero attached hydrogens (tertiary/aromatic N) is 2. The van der Waals surface area contributed by atoms with Crippen molar-refractivity contribution in [2.24, 2.45) is 5.92 Å². The van der Waals surface area contributed by atoms with E-state index >= 15 is 0 Å². The number of amides is 2. The number of hydrogen-bond donors (Lipinski definition) is 1. The molecule has 0 radical (unpaired) electrons. The molecule has 0 aliphatic rings. The molecule has 1 atom stereocenters. The Morgan fingerprint density at radius 3 is 2.17 bits per heavy atom. The van der Waals surface area contributed by atoms with Crippen molar-refractivity contribution in [3.05, 3.63) is 95.3 Å². The fourth-order valence-electron chi connectivity index (χ4n) is 4.05. The number of nitrogens with one attached hydrogen (secondary N) is 1. The van der Waals surface area contributed by atoms with E-state index in [-0.39, 0.29) is 29.6 Å². The van der Waals surface area contributed by atoms with Crippen LogP contribution in [-0.2, 0) is 11.3 Å². The first-order valence-electron chi connectivity index (χ1n) is 11.9. The lowest BCUT2D eigenvalue weighted by atomic mass is 10.0. The summed E-state index contributed by atoms with van der Waals surface area (Å²) in [5.74, 6) is -0.365. The van der Waals surface area contributed by atoms with Gasteiger partial charge in [0.25, 0.3) is 5.91 Å². The molecule has 6 heteroatoms. The Labute approximate surface area is 207 Å². The summed E-state index contributed by atoms with van der Waals surface area (Å²) in [5, 5.41) is 2.98. The van der Waals surface area contributed by atoms with E-state index in [4.69, 9.17) is 0 Å². The van der Waals surface area contributed by atoms with Gasteiger partial charge in [0, 0.05) is 44.0 Å². The normalized spacial score (nSPS) is 11.7. The predicted molar refractivity (Wildman–Crippen MR) is 140 cm³/mol. The number of hydrogen-bond acceptors (Lipinski definition) is 3. The van der Waals surface area contributed by atoms with E-state index < -0.39 is 0 Å². The standard InChI is InChI=1S/C29H34FN3O2/c1-20(2)17-28(34)31-26-15-16-27(32(4)5)24(18-26)19-33(21(3)22-9-7-6-8-10-22)29(35)23-11-13-25(30)14-12-23/h6-16,18,20-21H,17,19H2,1-5H3,(H,31,34)/t21-/m1/s1. The first-order chi connectivity index (χ1) is 16.7. The van der Waals surface area contributed by atoms with Crippen molar-refractivity contribution in [3.63, 3.8) is 0 Å². The molecule has 3 aromatic rings. The van der Waals surface area contributed by atoms with Gasteiger partial charge in [-0.3, -0.25) is 9.59 Å². The monoisotopic (exact) mass is 475 g/mol. The third-order valence-electron chi connectivity index (χ3n) is 5.88. The molecule has 0 aliphatic heterocycles. The van der Waals surface area contributed by atoms with Gasteiger partial charge >= 0.3 is 0 Å². The Morgan fingerprint density at radius 2 is 1.57 bits per heavy atom. The molecule has 0 saturated heterocycles. The molecular weight excluding hydrogens is 441 g/mol. The van der Waals surface area contributed by atoms with E-state index in [1.807, 2.05) is 88.3 Å². The minimum atomic E-state index is -0.385. The van der Waals surface area contributed by atoms with E-state index in [2.05, 4.69) is 5.32 Å². The zero-order valence-electron chi connectivity index (χ0n) is 21.1. The molecule has 0 spiro atoms. The largest absolute Gasteiger partial charge is 0.377 e. The van der Waals surface area contributed by atoms with Crippen molar-refractivity contribution in [1.29, 1.82) is 0 Å². The molecular formula is C29H34FN3O2. The molecule has 0 heterocycles. The third kappa shape index (κ3) is 6.92. The number of carbonyl (C=O) groups is 2. The van der Waals surface area contributed by atoms with Crippen molar-refractivity contribution in [2.45, 2.75) is 39.8 Å². The van der Waals surface area contributed by atoms with Gasteiger partial charge in [0.2, 0.25) is 5.91 Å². The number of rotatable bonds is 9. The fourth-order valence-corrected chi connectivity index (χ4v) is 4.05. The minimum absolute atomic E-state index is 0.0412. The number of benzene rings is 3. The molecule has 5 nitrogen and oxygen atoms in total. The highest BCUT2D eigenvalue weighted by Gasteiger charge is 2.25. The maximum absolute atomic E-state index is 13.7. The molecule has 35 heavy (non-hydrogen) atoms. The molecule has 3 rings (SSSR count). The van der Waals surface area contributed by atoms with Crippen LogP contribution >= 0.6 is 0 Å². The lowest BCUT2D eigenvalue weighted by Gasteiger charge is -2.32. The third-order valence-corrected chi connectivity index (χ3v) is 5.88. The van der Waals surface area contributed by atoms with Crippen LogP contribution in [0.4, 0.5) is 15.8 Å². The van der Waals surface area contributed by atoms with Crippen molar-refractivity contribution in [1.82, 2.24) is 4.90 Å². The average Bonchev–Trinajstić information content (AvgIpc) is 2.82.